The second-order valence-corrected chi connectivity index (χ2v) is 3.32. The number of carbonyl (C=O) groups is 1. The van der Waals surface area contributed by atoms with E-state index in [1.165, 1.54) is 6.92 Å². The molecule has 94 valence electrons. The molecule has 0 aromatic carbocycles. The van der Waals surface area contributed by atoms with Gasteiger partial charge in [0.2, 0.25) is 5.75 Å². The summed E-state index contributed by atoms with van der Waals surface area (Å²) in [5.41, 5.74) is -0.361. The topological polar surface area (TPSA) is 48.4 Å². The van der Waals surface area contributed by atoms with Crippen molar-refractivity contribution in [2.75, 3.05) is 7.11 Å². The van der Waals surface area contributed by atoms with Gasteiger partial charge in [-0.25, -0.2) is 4.98 Å². The summed E-state index contributed by atoms with van der Waals surface area (Å²) < 4.78 is 45.0. The van der Waals surface area contributed by atoms with E-state index < -0.39 is 23.0 Å². The summed E-state index contributed by atoms with van der Waals surface area (Å²) in [4.78, 5) is 14.4. The van der Waals surface area contributed by atoms with E-state index in [9.17, 15) is 18.0 Å². The van der Waals surface area contributed by atoms with Crippen molar-refractivity contribution in [3.8, 4) is 11.5 Å². The minimum absolute atomic E-state index is 0.235. The molecule has 0 bridgehead atoms. The first-order valence-corrected chi connectivity index (χ1v) is 4.63. The Morgan fingerprint density at radius 1 is 1.41 bits per heavy atom. The van der Waals surface area contributed by atoms with Crippen molar-refractivity contribution < 1.29 is 27.4 Å². The Kier molecular flexibility index (Phi) is 3.82. The molecule has 0 aliphatic rings. The zero-order chi connectivity index (χ0) is 13.2. The molecule has 0 spiro atoms. The molecule has 1 aromatic rings. The van der Waals surface area contributed by atoms with Crippen LogP contribution < -0.4 is 9.47 Å². The lowest BCUT2D eigenvalue weighted by molar-refractivity contribution is -0.275. The van der Waals surface area contributed by atoms with E-state index >= 15 is 0 Å². The largest absolute Gasteiger partial charge is 0.573 e. The second kappa shape index (κ2) is 4.79. The summed E-state index contributed by atoms with van der Waals surface area (Å²) in [6, 6.07) is 0. The smallest absolute Gasteiger partial charge is 0.492 e. The summed E-state index contributed by atoms with van der Waals surface area (Å²) in [6.07, 6.45) is -3.80. The molecule has 0 saturated heterocycles. The number of aryl methyl sites for hydroxylation is 1. The number of methoxy groups -OCH3 is 1. The van der Waals surface area contributed by atoms with Crippen LogP contribution in [-0.4, -0.2) is 23.7 Å². The highest BCUT2D eigenvalue weighted by Crippen LogP contribution is 2.37. The van der Waals surface area contributed by atoms with Crippen molar-refractivity contribution in [1.29, 1.82) is 0 Å². The van der Waals surface area contributed by atoms with Crippen LogP contribution in [0.25, 0.3) is 0 Å². The highest BCUT2D eigenvalue weighted by atomic mass is 35.5. The third-order valence-electron chi connectivity index (χ3n) is 1.77. The Morgan fingerprint density at radius 3 is 2.41 bits per heavy atom. The summed E-state index contributed by atoms with van der Waals surface area (Å²) in [5.74, 6) is -1.07. The van der Waals surface area contributed by atoms with Gasteiger partial charge >= 0.3 is 6.36 Å². The van der Waals surface area contributed by atoms with Gasteiger partial charge in [0.25, 0.3) is 5.24 Å². The van der Waals surface area contributed by atoms with Crippen LogP contribution in [0.3, 0.4) is 0 Å². The lowest BCUT2D eigenvalue weighted by Gasteiger charge is -2.15. The normalized spacial score (nSPS) is 11.2. The second-order valence-electron chi connectivity index (χ2n) is 2.97. The minimum atomic E-state index is -4.97. The van der Waals surface area contributed by atoms with Crippen molar-refractivity contribution in [3.05, 3.63) is 17.5 Å². The lowest BCUT2D eigenvalue weighted by atomic mass is 10.2. The molecule has 0 atom stereocenters. The minimum Gasteiger partial charge on any atom is -0.492 e. The van der Waals surface area contributed by atoms with Crippen LogP contribution in [0.15, 0.2) is 6.20 Å². The molecule has 0 aliphatic carbocycles. The average molecular weight is 270 g/mol. The molecule has 1 rings (SSSR count). The first kappa shape index (κ1) is 13.6. The van der Waals surface area contributed by atoms with E-state index in [1.54, 1.807) is 0 Å². The van der Waals surface area contributed by atoms with Crippen molar-refractivity contribution in [2.45, 2.75) is 13.3 Å². The van der Waals surface area contributed by atoms with Gasteiger partial charge in [0.05, 0.1) is 7.11 Å². The van der Waals surface area contributed by atoms with E-state index in [1.807, 2.05) is 0 Å². The summed E-state index contributed by atoms with van der Waals surface area (Å²) in [5, 5.41) is -1.16. The average Bonchev–Trinajstić information content (AvgIpc) is 2.15. The van der Waals surface area contributed by atoms with E-state index in [2.05, 4.69) is 9.72 Å². The molecule has 0 fully saturated rings. The van der Waals surface area contributed by atoms with E-state index in [0.717, 1.165) is 13.3 Å². The predicted octanol–water partition coefficient (Wildman–Crippen LogP) is 2.68. The van der Waals surface area contributed by atoms with Gasteiger partial charge in [-0.15, -0.1) is 13.2 Å². The number of nitrogens with zero attached hydrogens (tertiary/aromatic N) is 1. The Bertz CT molecular complexity index is 448. The number of rotatable bonds is 3. The zero-order valence-corrected chi connectivity index (χ0v) is 9.52. The van der Waals surface area contributed by atoms with Crippen molar-refractivity contribution >= 4 is 16.8 Å². The van der Waals surface area contributed by atoms with Gasteiger partial charge in [-0.2, -0.15) is 0 Å². The van der Waals surface area contributed by atoms with Gasteiger partial charge in [0, 0.05) is 11.8 Å². The number of alkyl halides is 3. The Balaban J connectivity index is 3.39. The SMILES string of the molecule is COc1c(C)cnc(C(=O)Cl)c1OC(F)(F)F. The molecule has 4 nitrogen and oxygen atoms in total. The molecule has 0 radical (unpaired) electrons. The van der Waals surface area contributed by atoms with Gasteiger partial charge < -0.3 is 9.47 Å². The Labute approximate surface area is 99.3 Å². The van der Waals surface area contributed by atoms with Crippen LogP contribution in [0.1, 0.15) is 16.1 Å². The van der Waals surface area contributed by atoms with Crippen LogP contribution in [0.5, 0.6) is 11.5 Å². The summed E-state index contributed by atoms with van der Waals surface area (Å²) in [6.45, 7) is 1.46. The molecule has 1 heterocycles. The number of carbonyl (C=O) groups excluding carboxylic acids is 1. The van der Waals surface area contributed by atoms with Crippen molar-refractivity contribution in [3.63, 3.8) is 0 Å². The first-order chi connectivity index (χ1) is 7.76. The molecular formula is C9H7ClF3NO3. The van der Waals surface area contributed by atoms with Crippen LogP contribution in [-0.2, 0) is 0 Å². The summed E-state index contributed by atoms with van der Waals surface area (Å²) in [7, 11) is 1.15. The van der Waals surface area contributed by atoms with Gasteiger partial charge in [0.15, 0.2) is 11.4 Å². The molecule has 1 aromatic heterocycles. The highest BCUT2D eigenvalue weighted by Gasteiger charge is 2.35. The Hall–Kier alpha value is -1.50. The van der Waals surface area contributed by atoms with Gasteiger partial charge in [-0.3, -0.25) is 4.79 Å². The standard InChI is InChI=1S/C9H7ClF3NO3/c1-4-3-14-5(8(10)15)7(6(4)16-2)17-9(11,12)13/h3H,1-2H3. The third-order valence-corrected chi connectivity index (χ3v) is 1.95. The molecular weight excluding hydrogens is 263 g/mol. The number of aromatic nitrogens is 1. The molecule has 0 aliphatic heterocycles. The van der Waals surface area contributed by atoms with Gasteiger partial charge in [0.1, 0.15) is 0 Å². The maximum absolute atomic E-state index is 12.2. The molecule has 17 heavy (non-hydrogen) atoms. The monoisotopic (exact) mass is 269 g/mol. The molecule has 8 heteroatoms. The predicted molar refractivity (Wildman–Crippen MR) is 52.4 cm³/mol. The Morgan fingerprint density at radius 2 is 2.00 bits per heavy atom. The summed E-state index contributed by atoms with van der Waals surface area (Å²) >= 11 is 5.11. The molecule has 0 saturated carbocycles. The van der Waals surface area contributed by atoms with Crippen molar-refractivity contribution in [2.24, 2.45) is 0 Å². The fourth-order valence-corrected chi connectivity index (χ4v) is 1.30. The van der Waals surface area contributed by atoms with Crippen LogP contribution >= 0.6 is 11.6 Å². The number of pyridine rings is 1. The van der Waals surface area contributed by atoms with Crippen LogP contribution in [0.2, 0.25) is 0 Å². The number of halogens is 4. The number of hydrogen-bond donors (Lipinski definition) is 0. The number of ether oxygens (including phenoxy) is 2. The quantitative estimate of drug-likeness (QED) is 0.792. The number of hydrogen-bond acceptors (Lipinski definition) is 4. The van der Waals surface area contributed by atoms with Gasteiger partial charge in [-0.1, -0.05) is 0 Å². The highest BCUT2D eigenvalue weighted by molar-refractivity contribution is 6.67. The molecule has 0 N–H and O–H groups in total. The third kappa shape index (κ3) is 3.23. The van der Waals surface area contributed by atoms with Crippen LogP contribution in [0, 0.1) is 6.92 Å². The lowest BCUT2D eigenvalue weighted by Crippen LogP contribution is -2.20. The van der Waals surface area contributed by atoms with Gasteiger partial charge in [-0.05, 0) is 18.5 Å². The zero-order valence-electron chi connectivity index (χ0n) is 8.76. The first-order valence-electron chi connectivity index (χ1n) is 4.25. The molecule has 0 amide bonds. The maximum Gasteiger partial charge on any atom is 0.573 e. The fraction of sp³-hybridized carbons (Fsp3) is 0.333. The fourth-order valence-electron chi connectivity index (χ4n) is 1.17. The molecule has 0 unspecified atom stereocenters. The van der Waals surface area contributed by atoms with Crippen molar-refractivity contribution in [1.82, 2.24) is 4.98 Å². The van der Waals surface area contributed by atoms with E-state index in [-0.39, 0.29) is 11.3 Å². The maximum atomic E-state index is 12.2. The van der Waals surface area contributed by atoms with E-state index in [0.29, 0.717) is 0 Å². The van der Waals surface area contributed by atoms with E-state index in [4.69, 9.17) is 16.3 Å². The van der Waals surface area contributed by atoms with Crippen LogP contribution in [0.4, 0.5) is 13.2 Å².